The molecule has 0 unspecified atom stereocenters. The molecule has 0 aliphatic heterocycles. The zero-order valence-electron chi connectivity index (χ0n) is 19.8. The molecule has 0 atom stereocenters. The number of aromatic nitrogens is 2. The Morgan fingerprint density at radius 3 is 2.48 bits per heavy atom. The number of nitrogens with zero attached hydrogens (tertiary/aromatic N) is 3. The Kier molecular flexibility index (Phi) is 7.27. The van der Waals surface area contributed by atoms with Crippen LogP contribution in [0.1, 0.15) is 38.2 Å². The standard InChI is InChI=1S/C26H34N6O/c1-4-19-9-5-7-11-22(19)30-26(33)27-17-18-13-15-20(16-14-18)28-25-29-23-12-8-6-10-21(23)24(31-25)32(2)3/h5-12,18,20H,4,13-17H2,1-3H3,(H2,27,30,33)(H,28,29,31)/t18-,20+. The maximum absolute atomic E-state index is 12.4. The molecule has 3 N–H and O–H groups in total. The molecule has 2 amide bonds. The fourth-order valence-electron chi connectivity index (χ4n) is 4.51. The number of anilines is 3. The van der Waals surface area contributed by atoms with Gasteiger partial charge in [-0.15, -0.1) is 0 Å². The molecular formula is C26H34N6O. The van der Waals surface area contributed by atoms with Gasteiger partial charge < -0.3 is 20.9 Å². The molecule has 174 valence electrons. The number of para-hydroxylation sites is 2. The number of hydrogen-bond donors (Lipinski definition) is 3. The first-order chi connectivity index (χ1) is 16.0. The third-order valence-corrected chi connectivity index (χ3v) is 6.38. The lowest BCUT2D eigenvalue weighted by atomic mass is 9.86. The van der Waals surface area contributed by atoms with Gasteiger partial charge in [0.25, 0.3) is 0 Å². The second-order valence-electron chi connectivity index (χ2n) is 8.99. The summed E-state index contributed by atoms with van der Waals surface area (Å²) in [6.07, 6.45) is 5.11. The van der Waals surface area contributed by atoms with Crippen molar-refractivity contribution >= 4 is 34.4 Å². The van der Waals surface area contributed by atoms with Crippen LogP contribution in [0.3, 0.4) is 0 Å². The Balaban J connectivity index is 1.27. The van der Waals surface area contributed by atoms with E-state index in [9.17, 15) is 4.79 Å². The molecule has 0 bridgehead atoms. The van der Waals surface area contributed by atoms with Gasteiger partial charge in [-0.05, 0) is 61.8 Å². The SMILES string of the molecule is CCc1ccccc1NC(=O)NC[C@H]1CC[C@@H](Nc2nc(N(C)C)c3ccccc3n2)CC1. The van der Waals surface area contributed by atoms with Crippen LogP contribution in [0.2, 0.25) is 0 Å². The van der Waals surface area contributed by atoms with E-state index in [1.54, 1.807) is 0 Å². The molecule has 0 spiro atoms. The van der Waals surface area contributed by atoms with E-state index >= 15 is 0 Å². The largest absolute Gasteiger partial charge is 0.362 e. The molecular weight excluding hydrogens is 412 g/mol. The molecule has 1 saturated carbocycles. The maximum atomic E-state index is 12.4. The van der Waals surface area contributed by atoms with Crippen molar-refractivity contribution in [3.63, 3.8) is 0 Å². The summed E-state index contributed by atoms with van der Waals surface area (Å²) in [5.41, 5.74) is 2.98. The summed E-state index contributed by atoms with van der Waals surface area (Å²) in [7, 11) is 4.02. The number of nitrogens with one attached hydrogen (secondary N) is 3. The number of aryl methyl sites for hydroxylation is 1. The molecule has 1 aliphatic rings. The van der Waals surface area contributed by atoms with E-state index in [2.05, 4.69) is 28.9 Å². The number of carbonyl (C=O) groups excluding carboxylic acids is 1. The Bertz CT molecular complexity index is 1090. The highest BCUT2D eigenvalue weighted by Gasteiger charge is 2.23. The zero-order chi connectivity index (χ0) is 23.2. The van der Waals surface area contributed by atoms with Gasteiger partial charge in [0.05, 0.1) is 5.52 Å². The first-order valence-electron chi connectivity index (χ1n) is 11.9. The molecule has 0 radical (unpaired) electrons. The smallest absolute Gasteiger partial charge is 0.319 e. The molecule has 1 heterocycles. The summed E-state index contributed by atoms with van der Waals surface area (Å²) >= 11 is 0. The highest BCUT2D eigenvalue weighted by atomic mass is 16.2. The lowest BCUT2D eigenvalue weighted by Crippen LogP contribution is -2.36. The van der Waals surface area contributed by atoms with E-state index in [1.807, 2.05) is 61.5 Å². The quantitative estimate of drug-likeness (QED) is 0.473. The van der Waals surface area contributed by atoms with Gasteiger partial charge in [0.1, 0.15) is 5.82 Å². The lowest BCUT2D eigenvalue weighted by molar-refractivity contribution is 0.246. The normalized spacial score (nSPS) is 18.0. The molecule has 0 saturated heterocycles. The van der Waals surface area contributed by atoms with Crippen LogP contribution in [0.15, 0.2) is 48.5 Å². The minimum absolute atomic E-state index is 0.128. The van der Waals surface area contributed by atoms with Crippen LogP contribution in [-0.2, 0) is 6.42 Å². The van der Waals surface area contributed by atoms with Crippen molar-refractivity contribution in [3.05, 3.63) is 54.1 Å². The van der Waals surface area contributed by atoms with Gasteiger partial charge in [0.15, 0.2) is 0 Å². The van der Waals surface area contributed by atoms with Gasteiger partial charge >= 0.3 is 6.03 Å². The number of fused-ring (bicyclic) bond motifs is 1. The number of amides is 2. The van der Waals surface area contributed by atoms with Crippen molar-refractivity contribution in [1.82, 2.24) is 15.3 Å². The van der Waals surface area contributed by atoms with E-state index in [1.165, 1.54) is 0 Å². The monoisotopic (exact) mass is 446 g/mol. The molecule has 7 nitrogen and oxygen atoms in total. The van der Waals surface area contributed by atoms with Crippen molar-refractivity contribution in [3.8, 4) is 0 Å². The molecule has 2 aromatic carbocycles. The van der Waals surface area contributed by atoms with Crippen LogP contribution in [0, 0.1) is 5.92 Å². The van der Waals surface area contributed by atoms with Crippen molar-refractivity contribution in [2.45, 2.75) is 45.1 Å². The third-order valence-electron chi connectivity index (χ3n) is 6.38. The van der Waals surface area contributed by atoms with Crippen molar-refractivity contribution in [2.75, 3.05) is 36.2 Å². The molecule has 3 aromatic rings. The van der Waals surface area contributed by atoms with Crippen LogP contribution in [0.25, 0.3) is 10.9 Å². The average molecular weight is 447 g/mol. The van der Waals surface area contributed by atoms with E-state index in [4.69, 9.17) is 9.97 Å². The second kappa shape index (κ2) is 10.5. The summed E-state index contributed by atoms with van der Waals surface area (Å²) < 4.78 is 0. The Hall–Kier alpha value is -3.35. The molecule has 7 heteroatoms. The zero-order valence-corrected chi connectivity index (χ0v) is 19.8. The summed E-state index contributed by atoms with van der Waals surface area (Å²) in [6.45, 7) is 2.79. The van der Waals surface area contributed by atoms with Crippen LogP contribution in [-0.4, -0.2) is 42.7 Å². The molecule has 33 heavy (non-hydrogen) atoms. The fourth-order valence-corrected chi connectivity index (χ4v) is 4.51. The van der Waals surface area contributed by atoms with Gasteiger partial charge in [-0.1, -0.05) is 37.3 Å². The van der Waals surface area contributed by atoms with Crippen LogP contribution in [0.4, 0.5) is 22.2 Å². The van der Waals surface area contributed by atoms with E-state index in [0.29, 0.717) is 24.5 Å². The van der Waals surface area contributed by atoms with Gasteiger partial charge in [-0.25, -0.2) is 9.78 Å². The number of carbonyl (C=O) groups is 1. The van der Waals surface area contributed by atoms with Crippen LogP contribution >= 0.6 is 0 Å². The molecule has 1 aliphatic carbocycles. The predicted octanol–water partition coefficient (Wildman–Crippen LogP) is 5.05. The van der Waals surface area contributed by atoms with Crippen molar-refractivity contribution < 1.29 is 4.79 Å². The second-order valence-corrected chi connectivity index (χ2v) is 8.99. The fraction of sp³-hybridized carbons (Fsp3) is 0.423. The van der Waals surface area contributed by atoms with Gasteiger partial charge in [0, 0.05) is 37.8 Å². The Morgan fingerprint density at radius 1 is 1.00 bits per heavy atom. The number of benzene rings is 2. The van der Waals surface area contributed by atoms with Gasteiger partial charge in [0.2, 0.25) is 5.95 Å². The minimum atomic E-state index is -0.128. The predicted molar refractivity (Wildman–Crippen MR) is 136 cm³/mol. The molecule has 1 aromatic heterocycles. The van der Waals surface area contributed by atoms with Crippen LogP contribution in [0.5, 0.6) is 0 Å². The van der Waals surface area contributed by atoms with E-state index in [0.717, 1.165) is 60.1 Å². The molecule has 4 rings (SSSR count). The van der Waals surface area contributed by atoms with Crippen molar-refractivity contribution in [1.29, 1.82) is 0 Å². The topological polar surface area (TPSA) is 82.2 Å². The third kappa shape index (κ3) is 5.72. The summed E-state index contributed by atoms with van der Waals surface area (Å²) in [4.78, 5) is 23.9. The minimum Gasteiger partial charge on any atom is -0.362 e. The van der Waals surface area contributed by atoms with E-state index in [-0.39, 0.29) is 6.03 Å². The first kappa shape index (κ1) is 22.8. The number of hydrogen-bond acceptors (Lipinski definition) is 5. The first-order valence-corrected chi connectivity index (χ1v) is 11.9. The highest BCUT2D eigenvalue weighted by molar-refractivity contribution is 5.90. The Morgan fingerprint density at radius 2 is 1.73 bits per heavy atom. The van der Waals surface area contributed by atoms with Crippen LogP contribution < -0.4 is 20.9 Å². The number of urea groups is 1. The van der Waals surface area contributed by atoms with E-state index < -0.39 is 0 Å². The number of rotatable bonds is 7. The molecule has 1 fully saturated rings. The maximum Gasteiger partial charge on any atom is 0.319 e. The summed E-state index contributed by atoms with van der Waals surface area (Å²) in [5.74, 6) is 2.11. The lowest BCUT2D eigenvalue weighted by Gasteiger charge is -2.29. The van der Waals surface area contributed by atoms with Gasteiger partial charge in [-0.2, -0.15) is 4.98 Å². The average Bonchev–Trinajstić information content (AvgIpc) is 2.83. The highest BCUT2D eigenvalue weighted by Crippen LogP contribution is 2.28. The summed E-state index contributed by atoms with van der Waals surface area (Å²) in [5, 5.41) is 10.7. The Labute approximate surface area is 196 Å². The van der Waals surface area contributed by atoms with Gasteiger partial charge in [-0.3, -0.25) is 0 Å². The van der Waals surface area contributed by atoms with Crippen molar-refractivity contribution in [2.24, 2.45) is 5.92 Å². The summed E-state index contributed by atoms with van der Waals surface area (Å²) in [6, 6.07) is 16.3.